The van der Waals surface area contributed by atoms with E-state index in [2.05, 4.69) is 9.72 Å². The van der Waals surface area contributed by atoms with Crippen LogP contribution in [0.2, 0.25) is 5.02 Å². The van der Waals surface area contributed by atoms with Crippen molar-refractivity contribution in [2.75, 3.05) is 7.11 Å². The highest BCUT2D eigenvalue weighted by atomic mass is 35.5. The van der Waals surface area contributed by atoms with E-state index >= 15 is 0 Å². The summed E-state index contributed by atoms with van der Waals surface area (Å²) in [4.78, 5) is 14.8. The van der Waals surface area contributed by atoms with Crippen LogP contribution in [-0.2, 0) is 9.53 Å². The second kappa shape index (κ2) is 5.68. The number of pyridine rings is 1. The van der Waals surface area contributed by atoms with Crippen LogP contribution >= 0.6 is 11.6 Å². The minimum absolute atomic E-state index is 0.264. The third kappa shape index (κ3) is 3.49. The van der Waals surface area contributed by atoms with Crippen LogP contribution in [0.5, 0.6) is 0 Å². The number of nitrogens with zero attached hydrogens (tertiary/aromatic N) is 1. The van der Waals surface area contributed by atoms with E-state index in [0.29, 0.717) is 11.4 Å². The van der Waals surface area contributed by atoms with Gasteiger partial charge in [-0.2, -0.15) is 0 Å². The molecule has 0 aliphatic carbocycles. The predicted octanol–water partition coefficient (Wildman–Crippen LogP) is 1.69. The first kappa shape index (κ1) is 11.9. The summed E-state index contributed by atoms with van der Waals surface area (Å²) in [5.74, 6) is -0.268. The van der Waals surface area contributed by atoms with E-state index in [1.165, 1.54) is 13.3 Å². The molecule has 0 fully saturated rings. The Morgan fingerprint density at radius 3 is 3.07 bits per heavy atom. The summed E-state index contributed by atoms with van der Waals surface area (Å²) in [5, 5.41) is 0.523. The van der Waals surface area contributed by atoms with Gasteiger partial charge in [0.25, 0.3) is 0 Å². The predicted molar refractivity (Wildman–Crippen MR) is 57.4 cm³/mol. The normalized spacial score (nSPS) is 12.2. The number of esters is 1. The van der Waals surface area contributed by atoms with E-state index in [4.69, 9.17) is 17.3 Å². The lowest BCUT2D eigenvalue weighted by Crippen LogP contribution is -2.13. The molecule has 1 atom stereocenters. The van der Waals surface area contributed by atoms with Crippen LogP contribution in [0.1, 0.15) is 24.4 Å². The van der Waals surface area contributed by atoms with E-state index in [1.807, 2.05) is 0 Å². The van der Waals surface area contributed by atoms with Crippen molar-refractivity contribution >= 4 is 17.6 Å². The van der Waals surface area contributed by atoms with E-state index in [9.17, 15) is 4.79 Å². The van der Waals surface area contributed by atoms with Crippen molar-refractivity contribution in [3.05, 3.63) is 29.0 Å². The van der Waals surface area contributed by atoms with Crippen molar-refractivity contribution in [2.45, 2.75) is 18.9 Å². The van der Waals surface area contributed by atoms with Crippen molar-refractivity contribution in [3.63, 3.8) is 0 Å². The minimum Gasteiger partial charge on any atom is -0.469 e. The van der Waals surface area contributed by atoms with Gasteiger partial charge < -0.3 is 10.5 Å². The molecule has 0 spiro atoms. The molecule has 1 aromatic heterocycles. The lowest BCUT2D eigenvalue weighted by Gasteiger charge is -2.12. The first-order valence-corrected chi connectivity index (χ1v) is 4.94. The zero-order valence-electron chi connectivity index (χ0n) is 8.44. The van der Waals surface area contributed by atoms with E-state index in [1.54, 1.807) is 12.3 Å². The lowest BCUT2D eigenvalue weighted by molar-refractivity contribution is -0.140. The van der Waals surface area contributed by atoms with Crippen molar-refractivity contribution in [2.24, 2.45) is 5.73 Å². The van der Waals surface area contributed by atoms with Crippen LogP contribution in [0.15, 0.2) is 18.5 Å². The molecule has 0 saturated carbocycles. The van der Waals surface area contributed by atoms with Crippen molar-refractivity contribution in [3.8, 4) is 0 Å². The van der Waals surface area contributed by atoms with Gasteiger partial charge in [-0.25, -0.2) is 0 Å². The van der Waals surface area contributed by atoms with Crippen LogP contribution < -0.4 is 5.73 Å². The third-order valence-electron chi connectivity index (χ3n) is 2.09. The van der Waals surface area contributed by atoms with Gasteiger partial charge in [0.15, 0.2) is 0 Å². The zero-order valence-corrected chi connectivity index (χ0v) is 9.20. The Bertz CT molecular complexity index is 344. The number of nitrogens with two attached hydrogens (primary N) is 1. The monoisotopic (exact) mass is 228 g/mol. The molecule has 4 nitrogen and oxygen atoms in total. The summed E-state index contributed by atoms with van der Waals surface area (Å²) >= 11 is 5.91. The minimum atomic E-state index is -0.268. The Balaban J connectivity index is 2.57. The van der Waals surface area contributed by atoms with Gasteiger partial charge in [0.1, 0.15) is 0 Å². The molecule has 0 bridgehead atoms. The van der Waals surface area contributed by atoms with Crippen molar-refractivity contribution in [1.29, 1.82) is 0 Å². The molecule has 5 heteroatoms. The molecule has 82 valence electrons. The fourth-order valence-electron chi connectivity index (χ4n) is 1.22. The second-order valence-corrected chi connectivity index (χ2v) is 3.53. The highest BCUT2D eigenvalue weighted by Gasteiger charge is 2.11. The smallest absolute Gasteiger partial charge is 0.305 e. The number of carbonyl (C=O) groups excluding carboxylic acids is 1. The molecule has 15 heavy (non-hydrogen) atoms. The molecular weight excluding hydrogens is 216 g/mol. The number of hydrogen-bond acceptors (Lipinski definition) is 4. The Morgan fingerprint density at radius 1 is 1.73 bits per heavy atom. The zero-order chi connectivity index (χ0) is 11.3. The summed E-state index contributed by atoms with van der Waals surface area (Å²) in [7, 11) is 1.35. The highest BCUT2D eigenvalue weighted by Crippen LogP contribution is 2.23. The number of ether oxygens (including phenoxy) is 1. The first-order chi connectivity index (χ1) is 7.15. The number of halogens is 1. The first-order valence-electron chi connectivity index (χ1n) is 4.57. The lowest BCUT2D eigenvalue weighted by atomic mass is 10.0. The Labute approximate surface area is 93.4 Å². The largest absolute Gasteiger partial charge is 0.469 e. The summed E-state index contributed by atoms with van der Waals surface area (Å²) in [6.07, 6.45) is 3.96. The van der Waals surface area contributed by atoms with Gasteiger partial charge in [-0.15, -0.1) is 0 Å². The SMILES string of the molecule is COC(=O)CCC(N)c1ccncc1Cl. The molecule has 0 amide bonds. The molecule has 1 rings (SSSR count). The molecule has 0 radical (unpaired) electrons. The third-order valence-corrected chi connectivity index (χ3v) is 2.41. The Morgan fingerprint density at radius 2 is 2.47 bits per heavy atom. The quantitative estimate of drug-likeness (QED) is 0.797. The van der Waals surface area contributed by atoms with Crippen LogP contribution in [0.4, 0.5) is 0 Å². The molecule has 2 N–H and O–H groups in total. The molecule has 0 saturated heterocycles. The number of hydrogen-bond donors (Lipinski definition) is 1. The molecule has 1 aromatic rings. The second-order valence-electron chi connectivity index (χ2n) is 3.12. The average molecular weight is 229 g/mol. The number of aromatic nitrogens is 1. The molecule has 1 unspecified atom stereocenters. The fraction of sp³-hybridized carbons (Fsp3) is 0.400. The van der Waals surface area contributed by atoms with E-state index in [0.717, 1.165) is 5.56 Å². The van der Waals surface area contributed by atoms with E-state index in [-0.39, 0.29) is 18.4 Å². The average Bonchev–Trinajstić information content (AvgIpc) is 2.26. The van der Waals surface area contributed by atoms with E-state index < -0.39 is 0 Å². The molecule has 0 aliphatic heterocycles. The Hall–Kier alpha value is -1.13. The maximum absolute atomic E-state index is 10.9. The number of methoxy groups -OCH3 is 1. The number of rotatable bonds is 4. The van der Waals surface area contributed by atoms with Crippen LogP contribution in [-0.4, -0.2) is 18.1 Å². The summed E-state index contributed by atoms with van der Waals surface area (Å²) in [5.41, 5.74) is 6.68. The number of carbonyl (C=O) groups is 1. The fourth-order valence-corrected chi connectivity index (χ4v) is 1.48. The summed E-state index contributed by atoms with van der Waals surface area (Å²) in [6.45, 7) is 0. The maximum atomic E-state index is 10.9. The van der Waals surface area contributed by atoms with Crippen LogP contribution in [0.25, 0.3) is 0 Å². The van der Waals surface area contributed by atoms with Gasteiger partial charge in [-0.3, -0.25) is 9.78 Å². The summed E-state index contributed by atoms with van der Waals surface area (Å²) in [6, 6.07) is 1.49. The Kier molecular flexibility index (Phi) is 4.52. The molecule has 0 aromatic carbocycles. The maximum Gasteiger partial charge on any atom is 0.305 e. The van der Waals surface area contributed by atoms with Gasteiger partial charge in [0.05, 0.1) is 12.1 Å². The van der Waals surface area contributed by atoms with Crippen molar-refractivity contribution < 1.29 is 9.53 Å². The van der Waals surface area contributed by atoms with Gasteiger partial charge in [-0.1, -0.05) is 11.6 Å². The molecule has 1 heterocycles. The van der Waals surface area contributed by atoms with Crippen LogP contribution in [0.3, 0.4) is 0 Å². The van der Waals surface area contributed by atoms with Gasteiger partial charge in [0, 0.05) is 24.9 Å². The van der Waals surface area contributed by atoms with Gasteiger partial charge >= 0.3 is 5.97 Å². The van der Waals surface area contributed by atoms with Gasteiger partial charge in [-0.05, 0) is 18.1 Å². The molecule has 0 aliphatic rings. The highest BCUT2D eigenvalue weighted by molar-refractivity contribution is 6.31. The summed E-state index contributed by atoms with van der Waals surface area (Å²) < 4.78 is 4.53. The van der Waals surface area contributed by atoms with Crippen molar-refractivity contribution in [1.82, 2.24) is 4.98 Å². The van der Waals surface area contributed by atoms with Crippen LogP contribution in [0, 0.1) is 0 Å². The van der Waals surface area contributed by atoms with Gasteiger partial charge in [0.2, 0.25) is 0 Å². The molecular formula is C10H13ClN2O2. The standard InChI is InChI=1S/C10H13ClN2O2/c1-15-10(14)3-2-9(12)7-4-5-13-6-8(7)11/h4-6,9H,2-3,12H2,1H3. The topological polar surface area (TPSA) is 65.2 Å².